The maximum atomic E-state index is 13.5. The van der Waals surface area contributed by atoms with Gasteiger partial charge in [0.2, 0.25) is 5.91 Å². The van der Waals surface area contributed by atoms with Gasteiger partial charge in [-0.1, -0.05) is 36.7 Å². The highest BCUT2D eigenvalue weighted by Crippen LogP contribution is 2.27. The van der Waals surface area contributed by atoms with Gasteiger partial charge in [-0.3, -0.25) is 9.10 Å². The second-order valence-corrected chi connectivity index (χ2v) is 8.07. The average molecular weight is 399 g/mol. The van der Waals surface area contributed by atoms with E-state index in [1.807, 2.05) is 13.8 Å². The number of sulfonamides is 1. The lowest BCUT2D eigenvalue weighted by Gasteiger charge is -2.25. The molecule has 1 atom stereocenters. The molecular formula is C18H20ClFN2O3S. The first kappa shape index (κ1) is 20.2. The van der Waals surface area contributed by atoms with Gasteiger partial charge in [0.15, 0.2) is 0 Å². The number of nitrogens with zero attached hydrogens (tertiary/aromatic N) is 1. The molecule has 0 spiro atoms. The number of hydrogen-bond donors (Lipinski definition) is 1. The maximum absolute atomic E-state index is 13.5. The van der Waals surface area contributed by atoms with Crippen molar-refractivity contribution in [2.24, 2.45) is 0 Å². The van der Waals surface area contributed by atoms with Gasteiger partial charge < -0.3 is 5.32 Å². The van der Waals surface area contributed by atoms with Gasteiger partial charge in [-0.05, 0) is 43.7 Å². The van der Waals surface area contributed by atoms with Crippen molar-refractivity contribution in [3.05, 3.63) is 59.4 Å². The maximum Gasteiger partial charge on any atom is 0.264 e. The fourth-order valence-corrected chi connectivity index (χ4v) is 3.84. The monoisotopic (exact) mass is 398 g/mol. The number of carbonyl (C=O) groups is 1. The number of rotatable bonds is 7. The molecule has 1 amide bonds. The molecule has 1 N–H and O–H groups in total. The summed E-state index contributed by atoms with van der Waals surface area (Å²) in [6.45, 7) is 3.29. The quantitative estimate of drug-likeness (QED) is 0.775. The minimum absolute atomic E-state index is 0.0248. The van der Waals surface area contributed by atoms with Crippen LogP contribution < -0.4 is 9.62 Å². The summed E-state index contributed by atoms with van der Waals surface area (Å²) in [6, 6.07) is 11.2. The van der Waals surface area contributed by atoms with E-state index in [0.29, 0.717) is 6.42 Å². The number of nitrogens with one attached hydrogen (secondary N) is 1. The topological polar surface area (TPSA) is 66.5 Å². The molecule has 140 valence electrons. The van der Waals surface area contributed by atoms with E-state index in [1.54, 1.807) is 18.2 Å². The van der Waals surface area contributed by atoms with Gasteiger partial charge in [-0.15, -0.1) is 0 Å². The number of carbonyl (C=O) groups excluding carboxylic acids is 1. The van der Waals surface area contributed by atoms with E-state index in [4.69, 9.17) is 11.6 Å². The highest BCUT2D eigenvalue weighted by Gasteiger charge is 2.27. The molecule has 2 aromatic carbocycles. The Hall–Kier alpha value is -2.12. The molecule has 0 saturated carbocycles. The summed E-state index contributed by atoms with van der Waals surface area (Å²) < 4.78 is 40.5. The Bertz CT molecular complexity index is 875. The van der Waals surface area contributed by atoms with Crippen molar-refractivity contribution in [1.29, 1.82) is 0 Å². The zero-order chi connectivity index (χ0) is 19.3. The molecule has 0 aliphatic heterocycles. The molecule has 0 bridgehead atoms. The van der Waals surface area contributed by atoms with Gasteiger partial charge >= 0.3 is 0 Å². The van der Waals surface area contributed by atoms with Crippen LogP contribution in [0, 0.1) is 5.82 Å². The molecule has 0 radical (unpaired) electrons. The molecule has 5 nitrogen and oxygen atoms in total. The van der Waals surface area contributed by atoms with Crippen molar-refractivity contribution in [2.75, 3.05) is 10.8 Å². The van der Waals surface area contributed by atoms with E-state index >= 15 is 0 Å². The van der Waals surface area contributed by atoms with Gasteiger partial charge in [0.1, 0.15) is 12.4 Å². The highest BCUT2D eigenvalue weighted by molar-refractivity contribution is 7.92. The number of hydrogen-bond acceptors (Lipinski definition) is 3. The van der Waals surface area contributed by atoms with Crippen molar-refractivity contribution in [3.8, 4) is 0 Å². The van der Waals surface area contributed by atoms with Crippen LogP contribution >= 0.6 is 11.6 Å². The van der Waals surface area contributed by atoms with Crippen LogP contribution in [0.15, 0.2) is 53.4 Å². The SMILES string of the molecule is CC[C@@H](C)NC(=O)CN(c1ccc(F)c(Cl)c1)S(=O)(=O)c1ccccc1. The lowest BCUT2D eigenvalue weighted by atomic mass is 10.2. The van der Waals surface area contributed by atoms with Crippen LogP contribution in [0.3, 0.4) is 0 Å². The third-order valence-electron chi connectivity index (χ3n) is 3.83. The van der Waals surface area contributed by atoms with Gasteiger partial charge in [0.05, 0.1) is 15.6 Å². The van der Waals surface area contributed by atoms with Crippen LogP contribution in [0.25, 0.3) is 0 Å². The second kappa shape index (κ2) is 8.51. The van der Waals surface area contributed by atoms with Crippen LogP contribution in [0.5, 0.6) is 0 Å². The Balaban J connectivity index is 2.44. The molecule has 0 unspecified atom stereocenters. The largest absolute Gasteiger partial charge is 0.352 e. The van der Waals surface area contributed by atoms with Crippen molar-refractivity contribution < 1.29 is 17.6 Å². The standard InChI is InChI=1S/C18H20ClFN2O3S/c1-3-13(2)21-18(23)12-22(14-9-10-17(20)16(19)11-14)26(24,25)15-7-5-4-6-8-15/h4-11,13H,3,12H2,1-2H3,(H,21,23)/t13-/m1/s1. The molecule has 0 aromatic heterocycles. The minimum Gasteiger partial charge on any atom is -0.352 e. The molecular weight excluding hydrogens is 379 g/mol. The molecule has 0 aliphatic carbocycles. The Morgan fingerprint density at radius 3 is 2.46 bits per heavy atom. The number of amides is 1. The zero-order valence-electron chi connectivity index (χ0n) is 14.4. The van der Waals surface area contributed by atoms with E-state index in [2.05, 4.69) is 5.32 Å². The Morgan fingerprint density at radius 1 is 1.23 bits per heavy atom. The van der Waals surface area contributed by atoms with Crippen molar-refractivity contribution in [1.82, 2.24) is 5.32 Å². The lowest BCUT2D eigenvalue weighted by molar-refractivity contribution is -0.120. The lowest BCUT2D eigenvalue weighted by Crippen LogP contribution is -2.43. The molecule has 0 fully saturated rings. The third-order valence-corrected chi connectivity index (χ3v) is 5.91. The van der Waals surface area contributed by atoms with Gasteiger partial charge in [-0.2, -0.15) is 0 Å². The van der Waals surface area contributed by atoms with Crippen LogP contribution in [0.1, 0.15) is 20.3 Å². The molecule has 26 heavy (non-hydrogen) atoms. The van der Waals surface area contributed by atoms with Crippen molar-refractivity contribution in [3.63, 3.8) is 0 Å². The normalized spacial score (nSPS) is 12.5. The molecule has 0 aliphatic rings. The second-order valence-electron chi connectivity index (χ2n) is 5.80. The Morgan fingerprint density at radius 2 is 1.88 bits per heavy atom. The Kier molecular flexibility index (Phi) is 6.61. The van der Waals surface area contributed by atoms with Crippen LogP contribution in [-0.2, 0) is 14.8 Å². The van der Waals surface area contributed by atoms with Crippen LogP contribution in [-0.4, -0.2) is 26.9 Å². The van der Waals surface area contributed by atoms with E-state index in [1.165, 1.54) is 24.3 Å². The van der Waals surface area contributed by atoms with Crippen LogP contribution in [0.2, 0.25) is 5.02 Å². The van der Waals surface area contributed by atoms with Crippen LogP contribution in [0.4, 0.5) is 10.1 Å². The molecule has 8 heteroatoms. The molecule has 2 rings (SSSR count). The van der Waals surface area contributed by atoms with Gasteiger partial charge in [-0.25, -0.2) is 12.8 Å². The third kappa shape index (κ3) is 4.74. The first-order valence-electron chi connectivity index (χ1n) is 8.08. The summed E-state index contributed by atoms with van der Waals surface area (Å²) in [7, 11) is -4.03. The summed E-state index contributed by atoms with van der Waals surface area (Å²) in [5.74, 6) is -1.13. The molecule has 0 saturated heterocycles. The average Bonchev–Trinajstić information content (AvgIpc) is 2.62. The van der Waals surface area contributed by atoms with Crippen molar-refractivity contribution in [2.45, 2.75) is 31.2 Å². The fourth-order valence-electron chi connectivity index (χ4n) is 2.23. The number of anilines is 1. The fraction of sp³-hybridized carbons (Fsp3) is 0.278. The molecule has 0 heterocycles. The molecule has 2 aromatic rings. The van der Waals surface area contributed by atoms with E-state index < -0.39 is 28.3 Å². The summed E-state index contributed by atoms with van der Waals surface area (Å²) in [5.41, 5.74) is 0.111. The summed E-state index contributed by atoms with van der Waals surface area (Å²) >= 11 is 5.80. The van der Waals surface area contributed by atoms with Crippen molar-refractivity contribution >= 4 is 33.2 Å². The van der Waals surface area contributed by atoms with E-state index in [-0.39, 0.29) is 21.6 Å². The Labute approximate surface area is 157 Å². The predicted molar refractivity (Wildman–Crippen MR) is 100 cm³/mol. The summed E-state index contributed by atoms with van der Waals surface area (Å²) in [5, 5.41) is 2.50. The number of halogens is 2. The van der Waals surface area contributed by atoms with E-state index in [0.717, 1.165) is 10.4 Å². The van der Waals surface area contributed by atoms with Gasteiger partial charge in [0, 0.05) is 6.04 Å². The number of benzene rings is 2. The summed E-state index contributed by atoms with van der Waals surface area (Å²) in [4.78, 5) is 12.3. The predicted octanol–water partition coefficient (Wildman–Crippen LogP) is 3.59. The minimum atomic E-state index is -4.03. The van der Waals surface area contributed by atoms with E-state index in [9.17, 15) is 17.6 Å². The highest BCUT2D eigenvalue weighted by atomic mass is 35.5. The summed E-state index contributed by atoms with van der Waals surface area (Å²) in [6.07, 6.45) is 0.708. The van der Waals surface area contributed by atoms with Gasteiger partial charge in [0.25, 0.3) is 10.0 Å². The zero-order valence-corrected chi connectivity index (χ0v) is 16.0. The smallest absolute Gasteiger partial charge is 0.264 e. The first-order chi connectivity index (χ1) is 12.3. The first-order valence-corrected chi connectivity index (χ1v) is 9.89.